The quantitative estimate of drug-likeness (QED) is 0.906. The van der Waals surface area contributed by atoms with Gasteiger partial charge in [-0.3, -0.25) is 4.79 Å². The second-order valence-electron chi connectivity index (χ2n) is 4.68. The zero-order valence-corrected chi connectivity index (χ0v) is 11.3. The molecular formula is C13H15BrFNO. The number of carbonyl (C=O) groups is 1. The van der Waals surface area contributed by atoms with Crippen LogP contribution in [0.1, 0.15) is 36.5 Å². The Balaban J connectivity index is 1.95. The van der Waals surface area contributed by atoms with Crippen molar-refractivity contribution in [3.8, 4) is 0 Å². The molecule has 2 nitrogen and oxygen atoms in total. The minimum atomic E-state index is -0.354. The Morgan fingerprint density at radius 3 is 2.88 bits per heavy atom. The molecule has 0 radical (unpaired) electrons. The highest BCUT2D eigenvalue weighted by atomic mass is 79.9. The predicted molar refractivity (Wildman–Crippen MR) is 68.4 cm³/mol. The third-order valence-electron chi connectivity index (χ3n) is 2.94. The minimum Gasteiger partial charge on any atom is -0.350 e. The van der Waals surface area contributed by atoms with Gasteiger partial charge in [-0.15, -0.1) is 0 Å². The van der Waals surface area contributed by atoms with Crippen LogP contribution in [0.3, 0.4) is 0 Å². The molecule has 1 aliphatic carbocycles. The van der Waals surface area contributed by atoms with E-state index in [0.29, 0.717) is 10.0 Å². The van der Waals surface area contributed by atoms with E-state index in [1.54, 1.807) is 0 Å². The SMILES string of the molecule is CC(CC1CC1)NC(=O)c1ccc(F)c(Br)c1. The third-order valence-corrected chi connectivity index (χ3v) is 3.55. The molecule has 1 saturated carbocycles. The van der Waals surface area contributed by atoms with Crippen molar-refractivity contribution < 1.29 is 9.18 Å². The number of hydrogen-bond acceptors (Lipinski definition) is 1. The van der Waals surface area contributed by atoms with E-state index in [1.807, 2.05) is 6.92 Å². The Bertz CT molecular complexity index is 431. The highest BCUT2D eigenvalue weighted by Gasteiger charge is 2.24. The van der Waals surface area contributed by atoms with Gasteiger partial charge in [0.15, 0.2) is 0 Å². The van der Waals surface area contributed by atoms with Gasteiger partial charge in [-0.1, -0.05) is 12.8 Å². The van der Waals surface area contributed by atoms with E-state index in [0.717, 1.165) is 12.3 Å². The maximum atomic E-state index is 13.0. The highest BCUT2D eigenvalue weighted by Crippen LogP contribution is 2.33. The Kier molecular flexibility index (Phi) is 3.82. The van der Waals surface area contributed by atoms with Crippen molar-refractivity contribution in [1.82, 2.24) is 5.32 Å². The molecule has 4 heteroatoms. The van der Waals surface area contributed by atoms with E-state index in [2.05, 4.69) is 21.2 Å². The molecular weight excluding hydrogens is 285 g/mol. The fourth-order valence-corrected chi connectivity index (χ4v) is 2.24. The molecule has 1 fully saturated rings. The number of nitrogens with one attached hydrogen (secondary N) is 1. The average molecular weight is 300 g/mol. The van der Waals surface area contributed by atoms with Gasteiger partial charge in [-0.05, 0) is 53.4 Å². The maximum absolute atomic E-state index is 13.0. The molecule has 1 aliphatic rings. The normalized spacial score (nSPS) is 16.6. The van der Waals surface area contributed by atoms with Crippen molar-refractivity contribution in [2.45, 2.75) is 32.2 Å². The lowest BCUT2D eigenvalue weighted by atomic mass is 10.1. The Labute approximate surface area is 109 Å². The largest absolute Gasteiger partial charge is 0.350 e. The number of amides is 1. The molecule has 1 N–H and O–H groups in total. The molecule has 17 heavy (non-hydrogen) atoms. The molecule has 0 saturated heterocycles. The zero-order valence-electron chi connectivity index (χ0n) is 9.67. The number of carbonyl (C=O) groups excluding carboxylic acids is 1. The van der Waals surface area contributed by atoms with Crippen molar-refractivity contribution in [2.24, 2.45) is 5.92 Å². The van der Waals surface area contributed by atoms with Crippen LogP contribution in [0.5, 0.6) is 0 Å². The molecule has 1 atom stereocenters. The molecule has 1 aromatic rings. The average Bonchev–Trinajstić information content (AvgIpc) is 3.05. The van der Waals surface area contributed by atoms with Gasteiger partial charge in [0.25, 0.3) is 5.91 Å². The first-order valence-corrected chi connectivity index (χ1v) is 6.61. The molecule has 0 spiro atoms. The summed E-state index contributed by atoms with van der Waals surface area (Å²) in [6.07, 6.45) is 3.60. The molecule has 0 aliphatic heterocycles. The van der Waals surface area contributed by atoms with Gasteiger partial charge in [0.05, 0.1) is 4.47 Å². The lowest BCUT2D eigenvalue weighted by molar-refractivity contribution is 0.0937. The lowest BCUT2D eigenvalue weighted by Gasteiger charge is -2.13. The number of rotatable bonds is 4. The summed E-state index contributed by atoms with van der Waals surface area (Å²) in [5.41, 5.74) is 0.487. The molecule has 1 unspecified atom stereocenters. The summed E-state index contributed by atoms with van der Waals surface area (Å²) in [5, 5.41) is 2.93. The lowest BCUT2D eigenvalue weighted by Crippen LogP contribution is -2.32. The van der Waals surface area contributed by atoms with E-state index in [-0.39, 0.29) is 17.8 Å². The van der Waals surface area contributed by atoms with Gasteiger partial charge in [0, 0.05) is 11.6 Å². The van der Waals surface area contributed by atoms with Crippen molar-refractivity contribution in [1.29, 1.82) is 0 Å². The van der Waals surface area contributed by atoms with Gasteiger partial charge in [0.2, 0.25) is 0 Å². The zero-order chi connectivity index (χ0) is 12.4. The minimum absolute atomic E-state index is 0.140. The highest BCUT2D eigenvalue weighted by molar-refractivity contribution is 9.10. The fraction of sp³-hybridized carbons (Fsp3) is 0.462. The maximum Gasteiger partial charge on any atom is 0.251 e. The van der Waals surface area contributed by atoms with E-state index in [1.165, 1.54) is 31.0 Å². The molecule has 1 amide bonds. The molecule has 2 rings (SSSR count). The Morgan fingerprint density at radius 1 is 1.59 bits per heavy atom. The smallest absolute Gasteiger partial charge is 0.251 e. The third kappa shape index (κ3) is 3.53. The van der Waals surface area contributed by atoms with E-state index in [4.69, 9.17) is 0 Å². The van der Waals surface area contributed by atoms with Crippen LogP contribution in [0.4, 0.5) is 4.39 Å². The molecule has 0 bridgehead atoms. The summed E-state index contributed by atoms with van der Waals surface area (Å²) in [6, 6.07) is 4.48. The Hall–Kier alpha value is -0.900. The van der Waals surface area contributed by atoms with Crippen LogP contribution < -0.4 is 5.32 Å². The molecule has 92 valence electrons. The molecule has 1 aromatic carbocycles. The van der Waals surface area contributed by atoms with Crippen LogP contribution in [0.15, 0.2) is 22.7 Å². The number of hydrogen-bond donors (Lipinski definition) is 1. The van der Waals surface area contributed by atoms with Crippen LogP contribution in [0.2, 0.25) is 0 Å². The van der Waals surface area contributed by atoms with Crippen LogP contribution in [0, 0.1) is 11.7 Å². The summed E-state index contributed by atoms with van der Waals surface area (Å²) < 4.78 is 13.3. The van der Waals surface area contributed by atoms with Crippen LogP contribution >= 0.6 is 15.9 Å². The Morgan fingerprint density at radius 2 is 2.29 bits per heavy atom. The summed E-state index contributed by atoms with van der Waals surface area (Å²) in [5.74, 6) is 0.289. The first-order valence-electron chi connectivity index (χ1n) is 5.82. The molecule has 0 aromatic heterocycles. The van der Waals surface area contributed by atoms with Gasteiger partial charge in [0.1, 0.15) is 5.82 Å². The summed E-state index contributed by atoms with van der Waals surface area (Å²) >= 11 is 3.08. The van der Waals surface area contributed by atoms with Crippen LogP contribution in [0.25, 0.3) is 0 Å². The summed E-state index contributed by atoms with van der Waals surface area (Å²) in [4.78, 5) is 11.9. The van der Waals surface area contributed by atoms with Gasteiger partial charge in [-0.2, -0.15) is 0 Å². The van der Waals surface area contributed by atoms with Crippen molar-refractivity contribution >= 4 is 21.8 Å². The van der Waals surface area contributed by atoms with Gasteiger partial charge >= 0.3 is 0 Å². The van der Waals surface area contributed by atoms with Gasteiger partial charge in [-0.25, -0.2) is 4.39 Å². The summed E-state index contributed by atoms with van der Waals surface area (Å²) in [6.45, 7) is 2.01. The summed E-state index contributed by atoms with van der Waals surface area (Å²) in [7, 11) is 0. The predicted octanol–water partition coefficient (Wildman–Crippen LogP) is 3.51. The standard InChI is InChI=1S/C13H15BrFNO/c1-8(6-9-2-3-9)16-13(17)10-4-5-12(15)11(14)7-10/h4-5,7-9H,2-3,6H2,1H3,(H,16,17). The first-order chi connectivity index (χ1) is 8.06. The first kappa shape index (κ1) is 12.6. The van der Waals surface area contributed by atoms with Crippen LogP contribution in [-0.2, 0) is 0 Å². The molecule has 0 heterocycles. The van der Waals surface area contributed by atoms with Crippen LogP contribution in [-0.4, -0.2) is 11.9 Å². The van der Waals surface area contributed by atoms with E-state index >= 15 is 0 Å². The van der Waals surface area contributed by atoms with Crippen molar-refractivity contribution in [3.63, 3.8) is 0 Å². The van der Waals surface area contributed by atoms with Crippen molar-refractivity contribution in [2.75, 3.05) is 0 Å². The second kappa shape index (κ2) is 5.17. The van der Waals surface area contributed by atoms with Crippen molar-refractivity contribution in [3.05, 3.63) is 34.1 Å². The monoisotopic (exact) mass is 299 g/mol. The second-order valence-corrected chi connectivity index (χ2v) is 5.54. The van der Waals surface area contributed by atoms with Gasteiger partial charge < -0.3 is 5.32 Å². The number of benzene rings is 1. The topological polar surface area (TPSA) is 29.1 Å². The fourth-order valence-electron chi connectivity index (χ4n) is 1.86. The van der Waals surface area contributed by atoms with E-state index in [9.17, 15) is 9.18 Å². The van der Waals surface area contributed by atoms with E-state index < -0.39 is 0 Å². The number of halogens is 2.